The molecule has 1 aromatic heterocycles. The van der Waals surface area contributed by atoms with Crippen molar-refractivity contribution in [1.82, 2.24) is 9.97 Å². The van der Waals surface area contributed by atoms with Crippen LogP contribution in [0.15, 0.2) is 4.79 Å². The summed E-state index contributed by atoms with van der Waals surface area (Å²) in [7, 11) is 0. The van der Waals surface area contributed by atoms with E-state index in [1.54, 1.807) is 0 Å². The summed E-state index contributed by atoms with van der Waals surface area (Å²) in [5.74, 6) is 0.594. The molecule has 0 aliphatic rings. The first kappa shape index (κ1) is 13.6. The van der Waals surface area contributed by atoms with Crippen molar-refractivity contribution in [2.75, 3.05) is 6.61 Å². The first-order chi connectivity index (χ1) is 7.42. The summed E-state index contributed by atoms with van der Waals surface area (Å²) in [5.41, 5.74) is 0.185. The SMILES string of the molecule is CCOC(C)(C)c1nc(CC)c(I)c(=O)[nH]1. The zero-order valence-corrected chi connectivity index (χ0v) is 12.2. The lowest BCUT2D eigenvalue weighted by Gasteiger charge is -2.23. The Morgan fingerprint density at radius 3 is 2.56 bits per heavy atom. The van der Waals surface area contributed by atoms with Crippen LogP contribution in [-0.2, 0) is 16.8 Å². The highest BCUT2D eigenvalue weighted by Gasteiger charge is 2.25. The summed E-state index contributed by atoms with van der Waals surface area (Å²) in [6, 6.07) is 0. The Hall–Kier alpha value is -0.430. The van der Waals surface area contributed by atoms with Crippen molar-refractivity contribution in [3.05, 3.63) is 25.4 Å². The van der Waals surface area contributed by atoms with Gasteiger partial charge < -0.3 is 9.72 Å². The molecule has 0 aliphatic carbocycles. The van der Waals surface area contributed by atoms with Crippen LogP contribution in [0, 0.1) is 3.57 Å². The number of aromatic amines is 1. The number of aryl methyl sites for hydroxylation is 1. The lowest BCUT2D eigenvalue weighted by molar-refractivity contribution is -0.0211. The number of halogens is 1. The fourth-order valence-corrected chi connectivity index (χ4v) is 2.09. The summed E-state index contributed by atoms with van der Waals surface area (Å²) >= 11 is 2.02. The third-order valence-corrected chi connectivity index (χ3v) is 3.45. The number of hydrogen-bond acceptors (Lipinski definition) is 3. The minimum atomic E-state index is -0.553. The molecule has 0 saturated carbocycles. The van der Waals surface area contributed by atoms with Crippen LogP contribution in [0.25, 0.3) is 0 Å². The second-order valence-electron chi connectivity index (χ2n) is 3.97. The van der Waals surface area contributed by atoms with Crippen molar-refractivity contribution < 1.29 is 4.74 Å². The standard InChI is InChI=1S/C11H17IN2O2/c1-5-7-8(12)9(15)14-10(13-7)11(3,4)16-6-2/h5-6H2,1-4H3,(H,13,14,15). The van der Waals surface area contributed by atoms with Gasteiger partial charge in [-0.15, -0.1) is 0 Å². The normalized spacial score (nSPS) is 11.8. The van der Waals surface area contributed by atoms with Gasteiger partial charge in [0, 0.05) is 6.61 Å². The zero-order chi connectivity index (χ0) is 12.3. The van der Waals surface area contributed by atoms with E-state index in [0.717, 1.165) is 12.1 Å². The van der Waals surface area contributed by atoms with E-state index < -0.39 is 5.60 Å². The molecule has 1 N–H and O–H groups in total. The van der Waals surface area contributed by atoms with Gasteiger partial charge in [-0.1, -0.05) is 6.92 Å². The predicted octanol–water partition coefficient (Wildman–Crippen LogP) is 2.21. The maximum Gasteiger partial charge on any atom is 0.264 e. The smallest absolute Gasteiger partial charge is 0.264 e. The molecule has 1 rings (SSSR count). The van der Waals surface area contributed by atoms with Crippen LogP contribution < -0.4 is 5.56 Å². The van der Waals surface area contributed by atoms with Gasteiger partial charge >= 0.3 is 0 Å². The molecule has 4 nitrogen and oxygen atoms in total. The van der Waals surface area contributed by atoms with Gasteiger partial charge in [0.25, 0.3) is 5.56 Å². The lowest BCUT2D eigenvalue weighted by atomic mass is 10.1. The molecule has 0 amide bonds. The highest BCUT2D eigenvalue weighted by Crippen LogP contribution is 2.21. The quantitative estimate of drug-likeness (QED) is 0.858. The maximum atomic E-state index is 11.7. The van der Waals surface area contributed by atoms with E-state index in [4.69, 9.17) is 4.74 Å². The molecule has 0 spiro atoms. The minimum absolute atomic E-state index is 0.0878. The van der Waals surface area contributed by atoms with Gasteiger partial charge in [0.05, 0.1) is 9.26 Å². The molecule has 1 heterocycles. The van der Waals surface area contributed by atoms with Crippen LogP contribution in [0.1, 0.15) is 39.2 Å². The fourth-order valence-electron chi connectivity index (χ4n) is 1.45. The highest BCUT2D eigenvalue weighted by molar-refractivity contribution is 14.1. The summed E-state index contributed by atoms with van der Waals surface area (Å²) in [5, 5.41) is 0. The molecular weight excluding hydrogens is 319 g/mol. The number of hydrogen-bond donors (Lipinski definition) is 1. The van der Waals surface area contributed by atoms with E-state index in [0.29, 0.717) is 16.0 Å². The largest absolute Gasteiger partial charge is 0.368 e. The molecule has 90 valence electrons. The van der Waals surface area contributed by atoms with E-state index in [1.807, 2.05) is 50.3 Å². The Morgan fingerprint density at radius 1 is 1.44 bits per heavy atom. The highest BCUT2D eigenvalue weighted by atomic mass is 127. The summed E-state index contributed by atoms with van der Waals surface area (Å²) in [6.45, 7) is 8.31. The van der Waals surface area contributed by atoms with Gasteiger partial charge in [-0.2, -0.15) is 0 Å². The Morgan fingerprint density at radius 2 is 2.06 bits per heavy atom. The van der Waals surface area contributed by atoms with Crippen molar-refractivity contribution in [2.24, 2.45) is 0 Å². The molecule has 16 heavy (non-hydrogen) atoms. The Labute approximate surface area is 109 Å². The average Bonchev–Trinajstić information content (AvgIpc) is 2.21. The molecule has 0 fully saturated rings. The monoisotopic (exact) mass is 336 g/mol. The first-order valence-corrected chi connectivity index (χ1v) is 6.43. The molecule has 0 bridgehead atoms. The first-order valence-electron chi connectivity index (χ1n) is 5.35. The molecule has 1 aromatic rings. The van der Waals surface area contributed by atoms with Crippen LogP contribution >= 0.6 is 22.6 Å². The van der Waals surface area contributed by atoms with Crippen LogP contribution in [0.4, 0.5) is 0 Å². The molecule has 0 aromatic carbocycles. The van der Waals surface area contributed by atoms with Gasteiger partial charge in [0.2, 0.25) is 0 Å². The molecule has 0 unspecified atom stereocenters. The van der Waals surface area contributed by atoms with Crippen LogP contribution in [-0.4, -0.2) is 16.6 Å². The van der Waals surface area contributed by atoms with E-state index >= 15 is 0 Å². The summed E-state index contributed by atoms with van der Waals surface area (Å²) in [6.07, 6.45) is 0.747. The topological polar surface area (TPSA) is 55.0 Å². The summed E-state index contributed by atoms with van der Waals surface area (Å²) < 4.78 is 6.24. The molecule has 0 aliphatic heterocycles. The molecule has 0 saturated heterocycles. The zero-order valence-electron chi connectivity index (χ0n) is 10.1. The Bertz CT molecular complexity index is 426. The van der Waals surface area contributed by atoms with E-state index in [1.165, 1.54) is 0 Å². The van der Waals surface area contributed by atoms with E-state index in [-0.39, 0.29) is 5.56 Å². The molecule has 0 atom stereocenters. The molecule has 0 radical (unpaired) electrons. The average molecular weight is 336 g/mol. The van der Waals surface area contributed by atoms with Crippen molar-refractivity contribution in [1.29, 1.82) is 0 Å². The second kappa shape index (κ2) is 5.27. The number of ether oxygens (including phenoxy) is 1. The van der Waals surface area contributed by atoms with Gasteiger partial charge in [-0.25, -0.2) is 4.98 Å². The van der Waals surface area contributed by atoms with Gasteiger partial charge in [-0.3, -0.25) is 4.79 Å². The number of aromatic nitrogens is 2. The van der Waals surface area contributed by atoms with Gasteiger partial charge in [-0.05, 0) is 49.8 Å². The van der Waals surface area contributed by atoms with Crippen molar-refractivity contribution in [3.8, 4) is 0 Å². The lowest BCUT2D eigenvalue weighted by Crippen LogP contribution is -2.30. The minimum Gasteiger partial charge on any atom is -0.368 e. The van der Waals surface area contributed by atoms with Crippen molar-refractivity contribution in [2.45, 2.75) is 39.7 Å². The van der Waals surface area contributed by atoms with E-state index in [9.17, 15) is 4.79 Å². The number of H-pyrrole nitrogens is 1. The number of nitrogens with one attached hydrogen (secondary N) is 1. The number of rotatable bonds is 4. The second-order valence-corrected chi connectivity index (χ2v) is 5.05. The van der Waals surface area contributed by atoms with Crippen molar-refractivity contribution >= 4 is 22.6 Å². The maximum absolute atomic E-state index is 11.7. The molecular formula is C11H17IN2O2. The predicted molar refractivity (Wildman–Crippen MR) is 71.6 cm³/mol. The summed E-state index contributed by atoms with van der Waals surface area (Å²) in [4.78, 5) is 18.9. The Balaban J connectivity index is 3.26. The van der Waals surface area contributed by atoms with Gasteiger partial charge in [0.1, 0.15) is 11.4 Å². The fraction of sp³-hybridized carbons (Fsp3) is 0.636. The van der Waals surface area contributed by atoms with Crippen LogP contribution in [0.2, 0.25) is 0 Å². The molecule has 5 heteroatoms. The van der Waals surface area contributed by atoms with Gasteiger partial charge in [0.15, 0.2) is 0 Å². The Kier molecular flexibility index (Phi) is 4.49. The third kappa shape index (κ3) is 2.82. The third-order valence-electron chi connectivity index (χ3n) is 2.34. The van der Waals surface area contributed by atoms with E-state index in [2.05, 4.69) is 9.97 Å². The van der Waals surface area contributed by atoms with Crippen LogP contribution in [0.3, 0.4) is 0 Å². The van der Waals surface area contributed by atoms with Crippen LogP contribution in [0.5, 0.6) is 0 Å². The number of nitrogens with zero attached hydrogens (tertiary/aromatic N) is 1. The van der Waals surface area contributed by atoms with Crippen molar-refractivity contribution in [3.63, 3.8) is 0 Å².